The van der Waals surface area contributed by atoms with Crippen molar-refractivity contribution in [1.82, 2.24) is 10.3 Å². The number of hydrogen-bond acceptors (Lipinski definition) is 4. The monoisotopic (exact) mass is 476 g/mol. The summed E-state index contributed by atoms with van der Waals surface area (Å²) in [6.07, 6.45) is 3.11. The van der Waals surface area contributed by atoms with Crippen molar-refractivity contribution in [1.29, 1.82) is 0 Å². The van der Waals surface area contributed by atoms with E-state index in [1.54, 1.807) is 30.3 Å². The van der Waals surface area contributed by atoms with Gasteiger partial charge < -0.3 is 24.9 Å². The molecule has 0 aliphatic rings. The molecule has 182 valence electrons. The molecule has 6 nitrogen and oxygen atoms in total. The van der Waals surface area contributed by atoms with Crippen molar-refractivity contribution in [2.75, 3.05) is 20.3 Å². The number of para-hydroxylation sites is 1. The minimum Gasteiger partial charge on any atom is -0.497 e. The van der Waals surface area contributed by atoms with Crippen molar-refractivity contribution in [3.05, 3.63) is 83.8 Å². The van der Waals surface area contributed by atoms with Crippen LogP contribution in [0.2, 0.25) is 0 Å². The summed E-state index contributed by atoms with van der Waals surface area (Å²) >= 11 is 0. The first-order valence-electron chi connectivity index (χ1n) is 11.6. The lowest BCUT2D eigenvalue weighted by Gasteiger charge is -2.18. The quantitative estimate of drug-likeness (QED) is 0.297. The van der Waals surface area contributed by atoms with Crippen LogP contribution < -0.4 is 14.8 Å². The van der Waals surface area contributed by atoms with Crippen LogP contribution in [0.25, 0.3) is 22.0 Å². The Morgan fingerprint density at radius 3 is 2.74 bits per heavy atom. The van der Waals surface area contributed by atoms with Crippen LogP contribution in [0.4, 0.5) is 4.39 Å². The van der Waals surface area contributed by atoms with Gasteiger partial charge in [0.05, 0.1) is 31.9 Å². The van der Waals surface area contributed by atoms with Gasteiger partial charge >= 0.3 is 0 Å². The molecule has 1 amide bonds. The first kappa shape index (κ1) is 24.3. The van der Waals surface area contributed by atoms with E-state index in [2.05, 4.69) is 10.3 Å². The number of carbonyl (C=O) groups excluding carboxylic acids is 1. The normalized spacial score (nSPS) is 11.9. The summed E-state index contributed by atoms with van der Waals surface area (Å²) < 4.78 is 25.6. The fourth-order valence-corrected chi connectivity index (χ4v) is 4.06. The Labute approximate surface area is 203 Å². The van der Waals surface area contributed by atoms with Crippen LogP contribution in [0.1, 0.15) is 29.3 Å². The van der Waals surface area contributed by atoms with Crippen LogP contribution >= 0.6 is 0 Å². The number of hydrogen-bond donors (Lipinski definition) is 3. The van der Waals surface area contributed by atoms with Gasteiger partial charge in [-0.1, -0.05) is 31.2 Å². The zero-order valence-electron chi connectivity index (χ0n) is 19.8. The third-order valence-corrected chi connectivity index (χ3v) is 5.87. The second kappa shape index (κ2) is 11.1. The fraction of sp³-hybridized carbons (Fsp3) is 0.250. The van der Waals surface area contributed by atoms with Crippen LogP contribution in [-0.2, 0) is 6.42 Å². The molecule has 4 rings (SSSR count). The molecule has 3 N–H and O–H groups in total. The molecule has 1 atom stereocenters. The molecule has 0 spiro atoms. The molecule has 35 heavy (non-hydrogen) atoms. The smallest absolute Gasteiger partial charge is 0.255 e. The molecule has 0 fully saturated rings. The summed E-state index contributed by atoms with van der Waals surface area (Å²) in [6, 6.07) is 16.8. The Morgan fingerprint density at radius 1 is 1.14 bits per heavy atom. The van der Waals surface area contributed by atoms with E-state index in [9.17, 15) is 14.3 Å². The van der Waals surface area contributed by atoms with Crippen molar-refractivity contribution >= 4 is 16.8 Å². The Kier molecular flexibility index (Phi) is 7.67. The van der Waals surface area contributed by atoms with E-state index >= 15 is 0 Å². The minimum absolute atomic E-state index is 0.236. The number of aromatic nitrogens is 1. The zero-order valence-corrected chi connectivity index (χ0v) is 19.8. The maximum Gasteiger partial charge on any atom is 0.255 e. The summed E-state index contributed by atoms with van der Waals surface area (Å²) in [6.45, 7) is 2.18. The van der Waals surface area contributed by atoms with Crippen LogP contribution in [0.3, 0.4) is 0 Å². The fourth-order valence-electron chi connectivity index (χ4n) is 4.06. The topological polar surface area (TPSA) is 83.6 Å². The van der Waals surface area contributed by atoms with Crippen molar-refractivity contribution in [3.63, 3.8) is 0 Å². The summed E-state index contributed by atoms with van der Waals surface area (Å²) in [5, 5.41) is 14.0. The highest BCUT2D eigenvalue weighted by molar-refractivity contribution is 5.98. The molecule has 1 heterocycles. The van der Waals surface area contributed by atoms with Gasteiger partial charge in [0, 0.05) is 22.7 Å². The van der Waals surface area contributed by atoms with E-state index in [4.69, 9.17) is 9.47 Å². The molecule has 4 aromatic rings. The van der Waals surface area contributed by atoms with E-state index in [0.717, 1.165) is 22.9 Å². The number of H-pyrrole nitrogens is 1. The number of halogens is 1. The van der Waals surface area contributed by atoms with Crippen LogP contribution in [0.15, 0.2) is 66.9 Å². The van der Waals surface area contributed by atoms with Crippen LogP contribution in [-0.4, -0.2) is 42.4 Å². The van der Waals surface area contributed by atoms with E-state index in [0.29, 0.717) is 35.7 Å². The number of nitrogens with one attached hydrogen (secondary N) is 2. The Balaban J connectivity index is 1.62. The van der Waals surface area contributed by atoms with Crippen LogP contribution in [0.5, 0.6) is 11.5 Å². The first-order chi connectivity index (χ1) is 17.0. The zero-order chi connectivity index (χ0) is 24.8. The maximum atomic E-state index is 14.6. The van der Waals surface area contributed by atoms with Gasteiger partial charge in [0.2, 0.25) is 0 Å². The summed E-state index contributed by atoms with van der Waals surface area (Å²) in [7, 11) is 1.51. The average molecular weight is 477 g/mol. The average Bonchev–Trinajstić information content (AvgIpc) is 3.30. The minimum atomic E-state index is -0.516. The van der Waals surface area contributed by atoms with Gasteiger partial charge in [0.15, 0.2) is 0 Å². The van der Waals surface area contributed by atoms with Crippen molar-refractivity contribution in [3.8, 4) is 22.6 Å². The van der Waals surface area contributed by atoms with Gasteiger partial charge in [-0.05, 0) is 60.4 Å². The highest BCUT2D eigenvalue weighted by atomic mass is 19.1. The van der Waals surface area contributed by atoms with E-state index < -0.39 is 17.8 Å². The molecule has 0 bridgehead atoms. The van der Waals surface area contributed by atoms with E-state index in [1.165, 1.54) is 13.2 Å². The number of aliphatic hydroxyl groups excluding tert-OH is 1. The third kappa shape index (κ3) is 5.46. The summed E-state index contributed by atoms with van der Waals surface area (Å²) in [5.41, 5.74) is 3.10. The second-order valence-electron chi connectivity index (χ2n) is 8.32. The number of benzene rings is 3. The molecule has 3 aromatic carbocycles. The van der Waals surface area contributed by atoms with Crippen LogP contribution in [0, 0.1) is 5.82 Å². The Bertz CT molecular complexity index is 1320. The Morgan fingerprint density at radius 2 is 1.97 bits per heavy atom. The molecule has 7 heteroatoms. The van der Waals surface area contributed by atoms with Crippen molar-refractivity contribution < 1.29 is 23.8 Å². The highest BCUT2D eigenvalue weighted by Gasteiger charge is 2.20. The number of aromatic amines is 1. The molecule has 0 saturated carbocycles. The van der Waals surface area contributed by atoms with Crippen molar-refractivity contribution in [2.24, 2.45) is 0 Å². The number of ether oxygens (including phenoxy) is 2. The van der Waals surface area contributed by atoms with Gasteiger partial charge in [-0.2, -0.15) is 0 Å². The predicted octanol–water partition coefficient (Wildman–Crippen LogP) is 5.10. The number of methoxy groups -OCH3 is 1. The molecule has 0 radical (unpaired) electrons. The lowest BCUT2D eigenvalue weighted by Crippen LogP contribution is -2.39. The van der Waals surface area contributed by atoms with Gasteiger partial charge in [-0.15, -0.1) is 0 Å². The maximum absolute atomic E-state index is 14.6. The van der Waals surface area contributed by atoms with E-state index in [1.807, 2.05) is 37.4 Å². The largest absolute Gasteiger partial charge is 0.497 e. The number of rotatable bonds is 10. The number of amides is 1. The number of fused-ring (bicyclic) bond motifs is 1. The molecular weight excluding hydrogens is 447 g/mol. The van der Waals surface area contributed by atoms with Crippen molar-refractivity contribution in [2.45, 2.75) is 25.8 Å². The van der Waals surface area contributed by atoms with Gasteiger partial charge in [0.25, 0.3) is 5.91 Å². The van der Waals surface area contributed by atoms with Gasteiger partial charge in [0.1, 0.15) is 17.3 Å². The summed E-state index contributed by atoms with van der Waals surface area (Å²) in [4.78, 5) is 16.6. The second-order valence-corrected chi connectivity index (χ2v) is 8.32. The van der Waals surface area contributed by atoms with Gasteiger partial charge in [-0.25, -0.2) is 4.39 Å². The molecule has 0 saturated heterocycles. The molecule has 0 aliphatic carbocycles. The lowest BCUT2D eigenvalue weighted by molar-refractivity contribution is 0.0912. The standard InChI is InChI=1S/C28H29FN2O4/c1-3-12-35-27-11-8-18(23-15-21(34-2)9-10-25(23)29)14-24(27)28(33)31-20(17-32)13-19-16-30-26-7-5-4-6-22(19)26/h4-11,14-16,20,30,32H,3,12-13,17H2,1-2H3,(H,31,33)/t20-/m1/s1. The predicted molar refractivity (Wildman–Crippen MR) is 135 cm³/mol. The molecule has 1 aromatic heterocycles. The highest BCUT2D eigenvalue weighted by Crippen LogP contribution is 2.31. The number of aliphatic hydroxyl groups is 1. The number of carbonyl (C=O) groups is 1. The molecule has 0 aliphatic heterocycles. The molecule has 0 unspecified atom stereocenters. The third-order valence-electron chi connectivity index (χ3n) is 5.87. The SMILES string of the molecule is CCCOc1ccc(-c2cc(OC)ccc2F)cc1C(=O)N[C@@H](CO)Cc1c[nH]c2ccccc12. The van der Waals surface area contributed by atoms with Gasteiger partial charge in [-0.3, -0.25) is 4.79 Å². The van der Waals surface area contributed by atoms with E-state index in [-0.39, 0.29) is 12.2 Å². The Hall–Kier alpha value is -3.84. The summed E-state index contributed by atoms with van der Waals surface area (Å²) in [5.74, 6) is 0.0880. The molecular formula is C28H29FN2O4. The lowest BCUT2D eigenvalue weighted by atomic mass is 10.0. The first-order valence-corrected chi connectivity index (χ1v) is 11.6.